The number of nitrogens with zero attached hydrogens (tertiary/aromatic N) is 2. The van der Waals surface area contributed by atoms with Crippen molar-refractivity contribution in [2.75, 3.05) is 0 Å². The molecule has 0 aromatic heterocycles. The third kappa shape index (κ3) is 1.81. The molecule has 0 atom stereocenters. The lowest BCUT2D eigenvalue weighted by Gasteiger charge is -1.93. The van der Waals surface area contributed by atoms with Gasteiger partial charge in [-0.2, -0.15) is 0 Å². The average molecular weight is 342 g/mol. The number of hydrogen-bond donors (Lipinski definition) is 0. The van der Waals surface area contributed by atoms with Crippen LogP contribution in [0.2, 0.25) is 0 Å². The number of rotatable bonds is 0. The fourth-order valence-electron chi connectivity index (χ4n) is 0.593. The molecular weight excluding hydrogens is 340 g/mol. The van der Waals surface area contributed by atoms with Crippen LogP contribution in [-0.4, -0.2) is 0 Å². The van der Waals surface area contributed by atoms with Crippen molar-refractivity contribution in [1.29, 1.82) is 5.39 Å². The predicted molar refractivity (Wildman–Crippen MR) is 54.3 cm³/mol. The zero-order chi connectivity index (χ0) is 8.43. The summed E-state index contributed by atoms with van der Waals surface area (Å²) in [4.78, 5) is 3.07. The first-order valence-electron chi connectivity index (χ1n) is 2.65. The highest BCUT2D eigenvalue weighted by Crippen LogP contribution is 2.37. The fraction of sp³-hybridized carbons (Fsp3) is 0. The molecule has 0 radical (unpaired) electrons. The molecule has 0 N–H and O–H groups in total. The maximum Gasteiger partial charge on any atom is 0.400 e. The summed E-state index contributed by atoms with van der Waals surface area (Å²) in [5, 5.41) is 8.49. The Balaban J connectivity index is 3.40. The Hall–Kier alpha value is 0.0800. The molecule has 0 aliphatic rings. The highest BCUT2D eigenvalue weighted by molar-refractivity contribution is 9.14. The molecule has 0 aliphatic carbocycles. The molecule has 1 aromatic carbocycles. The maximum absolute atomic E-state index is 8.49. The maximum atomic E-state index is 8.49. The first-order chi connectivity index (χ1) is 5.16. The summed E-state index contributed by atoms with van der Waals surface area (Å²) in [6.45, 7) is 0. The van der Waals surface area contributed by atoms with Crippen molar-refractivity contribution in [2.24, 2.45) is 0 Å². The van der Waals surface area contributed by atoms with Gasteiger partial charge in [-0.15, -0.1) is 0 Å². The van der Waals surface area contributed by atoms with Gasteiger partial charge in [0.1, 0.15) is 4.47 Å². The average Bonchev–Trinajstić information content (AvgIpc) is 2.01. The largest absolute Gasteiger partial charge is 0.400 e. The molecular formula is C6H2Br3N2+. The second-order valence-electron chi connectivity index (χ2n) is 1.79. The van der Waals surface area contributed by atoms with Gasteiger partial charge < -0.3 is 0 Å². The van der Waals surface area contributed by atoms with Crippen LogP contribution in [0.3, 0.4) is 0 Å². The lowest BCUT2D eigenvalue weighted by molar-refractivity contribution is 1.44. The van der Waals surface area contributed by atoms with Crippen LogP contribution in [0.25, 0.3) is 4.98 Å². The van der Waals surface area contributed by atoms with E-state index in [0.717, 1.165) is 13.4 Å². The van der Waals surface area contributed by atoms with Crippen molar-refractivity contribution in [1.82, 2.24) is 0 Å². The van der Waals surface area contributed by atoms with E-state index in [0.29, 0.717) is 5.69 Å². The minimum atomic E-state index is 0.500. The van der Waals surface area contributed by atoms with Crippen molar-refractivity contribution < 1.29 is 0 Å². The highest BCUT2D eigenvalue weighted by atomic mass is 79.9. The quantitative estimate of drug-likeness (QED) is 0.506. The standard InChI is InChI=1S/C6H2Br3N2/c7-3-1-2-4(11-10)6(9)5(3)8/h1-2H/q+1. The molecule has 0 amide bonds. The molecule has 2 nitrogen and oxygen atoms in total. The van der Waals surface area contributed by atoms with E-state index in [-0.39, 0.29) is 0 Å². The Kier molecular flexibility index (Phi) is 3.05. The van der Waals surface area contributed by atoms with Gasteiger partial charge in [-0.05, 0) is 53.9 Å². The molecule has 11 heavy (non-hydrogen) atoms. The van der Waals surface area contributed by atoms with Crippen molar-refractivity contribution in [3.05, 3.63) is 30.5 Å². The minimum Gasteiger partial charge on any atom is -0.0496 e. The van der Waals surface area contributed by atoms with Gasteiger partial charge in [-0.1, -0.05) is 0 Å². The Bertz CT molecular complexity index is 329. The molecule has 0 unspecified atom stereocenters. The summed E-state index contributed by atoms with van der Waals surface area (Å²) in [6.07, 6.45) is 0. The van der Waals surface area contributed by atoms with Crippen LogP contribution in [0.1, 0.15) is 0 Å². The third-order valence-electron chi connectivity index (χ3n) is 1.12. The monoisotopic (exact) mass is 339 g/mol. The van der Waals surface area contributed by atoms with E-state index >= 15 is 0 Å². The minimum absolute atomic E-state index is 0.500. The van der Waals surface area contributed by atoms with Crippen molar-refractivity contribution in [3.8, 4) is 0 Å². The smallest absolute Gasteiger partial charge is 0.0496 e. The van der Waals surface area contributed by atoms with Gasteiger partial charge in [0, 0.05) is 10.5 Å². The molecule has 0 saturated heterocycles. The predicted octanol–water partition coefficient (Wildman–Crippen LogP) is 4.46. The molecule has 1 rings (SSSR count). The van der Waals surface area contributed by atoms with Crippen LogP contribution >= 0.6 is 47.8 Å². The van der Waals surface area contributed by atoms with E-state index in [1.165, 1.54) is 0 Å². The molecule has 5 heteroatoms. The summed E-state index contributed by atoms with van der Waals surface area (Å²) in [7, 11) is 0. The Morgan fingerprint density at radius 1 is 1.09 bits per heavy atom. The van der Waals surface area contributed by atoms with E-state index in [9.17, 15) is 0 Å². The van der Waals surface area contributed by atoms with Crippen LogP contribution in [0.15, 0.2) is 25.6 Å². The van der Waals surface area contributed by atoms with Gasteiger partial charge in [0.15, 0.2) is 4.98 Å². The van der Waals surface area contributed by atoms with E-state index in [1.54, 1.807) is 12.1 Å². The molecule has 0 fully saturated rings. The lowest BCUT2D eigenvalue weighted by atomic mass is 10.3. The molecule has 0 aliphatic heterocycles. The zero-order valence-corrected chi connectivity index (χ0v) is 9.94. The van der Waals surface area contributed by atoms with Crippen molar-refractivity contribution in [3.63, 3.8) is 0 Å². The molecule has 0 bridgehead atoms. The van der Waals surface area contributed by atoms with E-state index in [1.807, 2.05) is 0 Å². The summed E-state index contributed by atoms with van der Waals surface area (Å²) in [5.41, 5.74) is 0.500. The number of halogens is 3. The van der Waals surface area contributed by atoms with Crippen LogP contribution in [0.5, 0.6) is 0 Å². The Morgan fingerprint density at radius 3 is 2.27 bits per heavy atom. The summed E-state index contributed by atoms with van der Waals surface area (Å²) in [6, 6.07) is 3.49. The molecule has 0 saturated carbocycles. The van der Waals surface area contributed by atoms with Gasteiger partial charge in [0.05, 0.1) is 4.47 Å². The summed E-state index contributed by atoms with van der Waals surface area (Å²) in [5.74, 6) is 0. The van der Waals surface area contributed by atoms with Gasteiger partial charge in [0.2, 0.25) is 5.39 Å². The Labute approximate surface area is 89.0 Å². The first-order valence-corrected chi connectivity index (χ1v) is 5.03. The van der Waals surface area contributed by atoms with Gasteiger partial charge >= 0.3 is 5.69 Å². The van der Waals surface area contributed by atoms with Gasteiger partial charge in [0.25, 0.3) is 0 Å². The molecule has 0 heterocycles. The highest BCUT2D eigenvalue weighted by Gasteiger charge is 2.15. The number of benzene rings is 1. The molecule has 1 aromatic rings. The van der Waals surface area contributed by atoms with Crippen LogP contribution in [0.4, 0.5) is 5.69 Å². The summed E-state index contributed by atoms with van der Waals surface area (Å²) >= 11 is 9.88. The van der Waals surface area contributed by atoms with Crippen LogP contribution in [0, 0.1) is 5.39 Å². The second kappa shape index (κ2) is 3.65. The van der Waals surface area contributed by atoms with Gasteiger partial charge in [-0.25, -0.2) is 0 Å². The molecule has 56 valence electrons. The van der Waals surface area contributed by atoms with Crippen molar-refractivity contribution >= 4 is 53.5 Å². The molecule has 0 spiro atoms. The second-order valence-corrected chi connectivity index (χ2v) is 4.23. The van der Waals surface area contributed by atoms with E-state index in [4.69, 9.17) is 5.39 Å². The zero-order valence-electron chi connectivity index (χ0n) is 5.18. The number of diazo groups is 1. The van der Waals surface area contributed by atoms with Gasteiger partial charge in [-0.3, -0.25) is 0 Å². The first kappa shape index (κ1) is 9.17. The van der Waals surface area contributed by atoms with Crippen molar-refractivity contribution in [2.45, 2.75) is 0 Å². The number of hydrogen-bond acceptors (Lipinski definition) is 1. The Morgan fingerprint density at radius 2 is 1.73 bits per heavy atom. The van der Waals surface area contributed by atoms with Crippen LogP contribution in [-0.2, 0) is 0 Å². The van der Waals surface area contributed by atoms with E-state index < -0.39 is 0 Å². The summed E-state index contributed by atoms with van der Waals surface area (Å²) < 4.78 is 2.49. The van der Waals surface area contributed by atoms with E-state index in [2.05, 4.69) is 52.8 Å². The SMILES string of the molecule is N#[N+]c1ccc(Br)c(Br)c1Br. The normalized spacial score (nSPS) is 9.27. The lowest BCUT2D eigenvalue weighted by Crippen LogP contribution is -1.71. The topological polar surface area (TPSA) is 28.1 Å². The fourth-order valence-corrected chi connectivity index (χ4v) is 1.95. The van der Waals surface area contributed by atoms with Crippen LogP contribution < -0.4 is 0 Å². The third-order valence-corrected chi connectivity index (χ3v) is 4.47.